The molecule has 1 amide bonds. The minimum Gasteiger partial charge on any atom is -0.357 e. The zero-order chi connectivity index (χ0) is 20.9. The van der Waals surface area contributed by atoms with Gasteiger partial charge in [0.2, 0.25) is 0 Å². The van der Waals surface area contributed by atoms with Crippen LogP contribution < -0.4 is 10.6 Å². The number of benzene rings is 2. The molecule has 1 aliphatic rings. The van der Waals surface area contributed by atoms with Crippen LogP contribution in [-0.2, 0) is 12.0 Å². The molecule has 1 fully saturated rings. The van der Waals surface area contributed by atoms with Crippen LogP contribution in [0.2, 0.25) is 5.02 Å². The Kier molecular flexibility index (Phi) is 8.97. The van der Waals surface area contributed by atoms with Crippen molar-refractivity contribution in [2.45, 2.75) is 31.7 Å². The Morgan fingerprint density at radius 1 is 1.07 bits per heavy atom. The first kappa shape index (κ1) is 24.5. The zero-order valence-electron chi connectivity index (χ0n) is 17.7. The van der Waals surface area contributed by atoms with E-state index in [0.717, 1.165) is 29.6 Å². The zero-order valence-corrected chi connectivity index (χ0v) is 20.8. The summed E-state index contributed by atoms with van der Waals surface area (Å²) in [6.45, 7) is 4.26. The SMILES string of the molecule is CCNC(=NCc1ccc(C(=O)N(C)C)cc1)NCC1(c2ccc(Cl)cc2)CC1.I. The van der Waals surface area contributed by atoms with Crippen molar-refractivity contribution in [2.75, 3.05) is 27.2 Å². The maximum Gasteiger partial charge on any atom is 0.253 e. The first-order valence-electron chi connectivity index (χ1n) is 10.0. The lowest BCUT2D eigenvalue weighted by molar-refractivity contribution is 0.0827. The van der Waals surface area contributed by atoms with E-state index in [-0.39, 0.29) is 35.3 Å². The van der Waals surface area contributed by atoms with E-state index in [4.69, 9.17) is 16.6 Å². The average molecular weight is 541 g/mol. The monoisotopic (exact) mass is 540 g/mol. The molecule has 2 aromatic rings. The molecule has 0 radical (unpaired) electrons. The van der Waals surface area contributed by atoms with Crippen LogP contribution in [0.4, 0.5) is 0 Å². The molecule has 0 unspecified atom stereocenters. The van der Waals surface area contributed by atoms with Gasteiger partial charge in [-0.15, -0.1) is 24.0 Å². The van der Waals surface area contributed by atoms with Gasteiger partial charge >= 0.3 is 0 Å². The van der Waals surface area contributed by atoms with Crippen LogP contribution in [0.15, 0.2) is 53.5 Å². The number of aliphatic imine (C=N–C) groups is 1. The fourth-order valence-electron chi connectivity index (χ4n) is 3.30. The van der Waals surface area contributed by atoms with Crippen LogP contribution >= 0.6 is 35.6 Å². The number of amides is 1. The highest BCUT2D eigenvalue weighted by Gasteiger charge is 2.44. The molecule has 2 N–H and O–H groups in total. The first-order valence-corrected chi connectivity index (χ1v) is 10.4. The summed E-state index contributed by atoms with van der Waals surface area (Å²) >= 11 is 6.03. The normalized spacial score (nSPS) is 14.5. The van der Waals surface area contributed by atoms with Gasteiger partial charge in [0.05, 0.1) is 6.54 Å². The Balaban J connectivity index is 0.00000320. The molecule has 162 valence electrons. The molecule has 0 aromatic heterocycles. The number of rotatable bonds is 7. The molecule has 0 spiro atoms. The molecule has 5 nitrogen and oxygen atoms in total. The van der Waals surface area contributed by atoms with Crippen molar-refractivity contribution in [1.29, 1.82) is 0 Å². The summed E-state index contributed by atoms with van der Waals surface area (Å²) < 4.78 is 0. The number of guanidine groups is 1. The molecule has 3 rings (SSSR count). The molecular formula is C23H30ClIN4O. The molecule has 0 aliphatic heterocycles. The lowest BCUT2D eigenvalue weighted by Gasteiger charge is -2.19. The van der Waals surface area contributed by atoms with Gasteiger partial charge < -0.3 is 15.5 Å². The predicted molar refractivity (Wildman–Crippen MR) is 135 cm³/mol. The number of hydrogen-bond donors (Lipinski definition) is 2. The van der Waals surface area contributed by atoms with E-state index in [0.29, 0.717) is 12.1 Å². The van der Waals surface area contributed by atoms with Gasteiger partial charge in [-0.2, -0.15) is 0 Å². The summed E-state index contributed by atoms with van der Waals surface area (Å²) in [6, 6.07) is 15.8. The Bertz CT molecular complexity index is 862. The van der Waals surface area contributed by atoms with Crippen molar-refractivity contribution in [3.63, 3.8) is 0 Å². The third kappa shape index (κ3) is 6.35. The Hall–Kier alpha value is -1.80. The summed E-state index contributed by atoms with van der Waals surface area (Å²) in [7, 11) is 3.51. The van der Waals surface area contributed by atoms with Gasteiger partial charge in [0, 0.05) is 43.2 Å². The minimum atomic E-state index is 0. The van der Waals surface area contributed by atoms with Gasteiger partial charge in [-0.1, -0.05) is 35.9 Å². The number of halogens is 2. The van der Waals surface area contributed by atoms with Gasteiger partial charge in [-0.3, -0.25) is 4.79 Å². The van der Waals surface area contributed by atoms with E-state index >= 15 is 0 Å². The summed E-state index contributed by atoms with van der Waals surface area (Å²) in [5.74, 6) is 0.813. The highest BCUT2D eigenvalue weighted by molar-refractivity contribution is 14.0. The molecule has 1 saturated carbocycles. The van der Waals surface area contributed by atoms with Gasteiger partial charge in [0.1, 0.15) is 0 Å². The maximum absolute atomic E-state index is 12.0. The van der Waals surface area contributed by atoms with E-state index < -0.39 is 0 Å². The van der Waals surface area contributed by atoms with E-state index in [9.17, 15) is 4.79 Å². The second-order valence-corrected chi connectivity index (χ2v) is 8.17. The predicted octanol–water partition coefficient (Wildman–Crippen LogP) is 4.45. The number of carbonyl (C=O) groups is 1. The Labute approximate surface area is 201 Å². The molecule has 7 heteroatoms. The van der Waals surface area contributed by atoms with Crippen LogP contribution in [0.5, 0.6) is 0 Å². The van der Waals surface area contributed by atoms with E-state index in [1.54, 1.807) is 19.0 Å². The third-order valence-electron chi connectivity index (χ3n) is 5.28. The number of carbonyl (C=O) groups excluding carboxylic acids is 1. The third-order valence-corrected chi connectivity index (χ3v) is 5.53. The quantitative estimate of drug-likeness (QED) is 0.310. The highest BCUT2D eigenvalue weighted by atomic mass is 127. The number of nitrogens with one attached hydrogen (secondary N) is 2. The van der Waals surface area contributed by atoms with Crippen molar-refractivity contribution in [2.24, 2.45) is 4.99 Å². The molecule has 0 heterocycles. The molecule has 1 aliphatic carbocycles. The second kappa shape index (κ2) is 11.0. The van der Waals surface area contributed by atoms with Gasteiger partial charge in [-0.05, 0) is 55.2 Å². The molecule has 0 saturated heterocycles. The van der Waals surface area contributed by atoms with Crippen LogP contribution in [0.25, 0.3) is 0 Å². The summed E-state index contributed by atoms with van der Waals surface area (Å²) in [4.78, 5) is 18.3. The summed E-state index contributed by atoms with van der Waals surface area (Å²) in [6.07, 6.45) is 2.34. The van der Waals surface area contributed by atoms with Gasteiger partial charge in [-0.25, -0.2) is 4.99 Å². The summed E-state index contributed by atoms with van der Waals surface area (Å²) in [5, 5.41) is 7.58. The van der Waals surface area contributed by atoms with Crippen molar-refractivity contribution in [1.82, 2.24) is 15.5 Å². The smallest absolute Gasteiger partial charge is 0.253 e. The fraction of sp³-hybridized carbons (Fsp3) is 0.391. The largest absolute Gasteiger partial charge is 0.357 e. The van der Waals surface area contributed by atoms with Gasteiger partial charge in [0.15, 0.2) is 5.96 Å². The van der Waals surface area contributed by atoms with Crippen molar-refractivity contribution >= 4 is 47.4 Å². The van der Waals surface area contributed by atoms with E-state index in [2.05, 4.69) is 29.7 Å². The Morgan fingerprint density at radius 2 is 1.70 bits per heavy atom. The van der Waals surface area contributed by atoms with Crippen molar-refractivity contribution < 1.29 is 4.79 Å². The lowest BCUT2D eigenvalue weighted by atomic mass is 9.96. The standard InChI is InChI=1S/C23H29ClN4O.HI/c1-4-25-22(26-15-17-5-7-18(8-6-17)21(29)28(2)3)27-16-23(13-14-23)19-9-11-20(24)12-10-19;/h5-12H,4,13-16H2,1-3H3,(H2,25,26,27);1H. The Morgan fingerprint density at radius 3 is 2.23 bits per heavy atom. The lowest BCUT2D eigenvalue weighted by Crippen LogP contribution is -2.41. The highest BCUT2D eigenvalue weighted by Crippen LogP contribution is 2.47. The molecular weight excluding hydrogens is 511 g/mol. The van der Waals surface area contributed by atoms with Crippen molar-refractivity contribution in [3.05, 3.63) is 70.2 Å². The van der Waals surface area contributed by atoms with Gasteiger partial charge in [0.25, 0.3) is 5.91 Å². The molecule has 30 heavy (non-hydrogen) atoms. The van der Waals surface area contributed by atoms with Crippen LogP contribution in [0, 0.1) is 0 Å². The maximum atomic E-state index is 12.0. The average Bonchev–Trinajstić information content (AvgIpc) is 3.51. The fourth-order valence-corrected chi connectivity index (χ4v) is 3.42. The van der Waals surface area contributed by atoms with E-state index in [1.807, 2.05) is 36.4 Å². The van der Waals surface area contributed by atoms with E-state index in [1.165, 1.54) is 18.4 Å². The number of hydrogen-bond acceptors (Lipinski definition) is 2. The number of nitrogens with zero attached hydrogens (tertiary/aromatic N) is 2. The molecule has 0 bridgehead atoms. The van der Waals surface area contributed by atoms with Crippen LogP contribution in [0.1, 0.15) is 41.3 Å². The van der Waals surface area contributed by atoms with Crippen molar-refractivity contribution in [3.8, 4) is 0 Å². The van der Waals surface area contributed by atoms with Crippen LogP contribution in [-0.4, -0.2) is 44.0 Å². The summed E-state index contributed by atoms with van der Waals surface area (Å²) in [5.41, 5.74) is 3.25. The first-order chi connectivity index (χ1) is 13.9. The van der Waals surface area contributed by atoms with Crippen LogP contribution in [0.3, 0.4) is 0 Å². The second-order valence-electron chi connectivity index (χ2n) is 7.73. The molecule has 2 aromatic carbocycles. The molecule has 0 atom stereocenters. The minimum absolute atomic E-state index is 0. The topological polar surface area (TPSA) is 56.7 Å².